The number of hydrogen-bond acceptors (Lipinski definition) is 5. The van der Waals surface area contributed by atoms with Crippen LogP contribution < -0.4 is 5.32 Å². The smallest absolute Gasteiger partial charge is 0.222 e. The van der Waals surface area contributed by atoms with E-state index in [0.29, 0.717) is 18.4 Å². The van der Waals surface area contributed by atoms with E-state index in [2.05, 4.69) is 28.5 Å². The van der Waals surface area contributed by atoms with E-state index in [-0.39, 0.29) is 5.91 Å². The summed E-state index contributed by atoms with van der Waals surface area (Å²) in [5, 5.41) is 4.25. The molecule has 6 heteroatoms. The Balaban J connectivity index is 1.89. The van der Waals surface area contributed by atoms with Crippen molar-refractivity contribution in [2.75, 3.05) is 18.4 Å². The fraction of sp³-hybridized carbons (Fsp3) is 0.750. The monoisotopic (exact) mass is 268 g/mol. The van der Waals surface area contributed by atoms with Crippen LogP contribution in [0.15, 0.2) is 0 Å². The van der Waals surface area contributed by atoms with Gasteiger partial charge in [-0.05, 0) is 6.42 Å². The highest BCUT2D eigenvalue weighted by atomic mass is 32.1. The molecular weight excluding hydrogens is 248 g/mol. The second-order valence-corrected chi connectivity index (χ2v) is 5.69. The van der Waals surface area contributed by atoms with Crippen LogP contribution in [0.5, 0.6) is 0 Å². The number of likely N-dealkylation sites (tertiary alicyclic amines) is 1. The first-order valence-corrected chi connectivity index (χ1v) is 7.25. The van der Waals surface area contributed by atoms with Crippen LogP contribution in [0.4, 0.5) is 5.13 Å². The summed E-state index contributed by atoms with van der Waals surface area (Å²) in [7, 11) is 0. The van der Waals surface area contributed by atoms with E-state index in [1.54, 1.807) is 0 Å². The number of rotatable bonds is 4. The lowest BCUT2D eigenvalue weighted by Gasteiger charge is -2.15. The maximum absolute atomic E-state index is 11.6. The first kappa shape index (κ1) is 13.3. The molecule has 0 radical (unpaired) electrons. The van der Waals surface area contributed by atoms with Crippen molar-refractivity contribution in [2.24, 2.45) is 0 Å². The summed E-state index contributed by atoms with van der Waals surface area (Å²) in [4.78, 5) is 18.0. The third-order valence-electron chi connectivity index (χ3n) is 3.13. The molecular formula is C12H20N4OS. The average molecular weight is 268 g/mol. The third-order valence-corrected chi connectivity index (χ3v) is 3.79. The molecule has 0 aromatic carbocycles. The Bertz CT molecular complexity index is 418. The van der Waals surface area contributed by atoms with Crippen molar-refractivity contribution >= 4 is 22.6 Å². The number of carbonyl (C=O) groups excluding carboxylic acids is 1. The molecule has 1 unspecified atom stereocenters. The molecule has 2 heterocycles. The summed E-state index contributed by atoms with van der Waals surface area (Å²) in [5.41, 5.74) is 0. The fourth-order valence-electron chi connectivity index (χ4n) is 2.03. The summed E-state index contributed by atoms with van der Waals surface area (Å²) in [5.74, 6) is 1.49. The van der Waals surface area contributed by atoms with Gasteiger partial charge in [-0.2, -0.15) is 4.37 Å². The van der Waals surface area contributed by atoms with Crippen molar-refractivity contribution in [2.45, 2.75) is 45.6 Å². The van der Waals surface area contributed by atoms with Gasteiger partial charge in [-0.25, -0.2) is 4.98 Å². The fourth-order valence-corrected chi connectivity index (χ4v) is 2.82. The van der Waals surface area contributed by atoms with Crippen molar-refractivity contribution in [1.82, 2.24) is 14.3 Å². The van der Waals surface area contributed by atoms with E-state index in [9.17, 15) is 4.79 Å². The normalized spacial score (nSPS) is 19.6. The van der Waals surface area contributed by atoms with Crippen molar-refractivity contribution in [3.05, 3.63) is 5.82 Å². The molecule has 1 atom stereocenters. The van der Waals surface area contributed by atoms with Crippen LogP contribution >= 0.6 is 11.5 Å². The predicted octanol–water partition coefficient (Wildman–Crippen LogP) is 2.08. The zero-order chi connectivity index (χ0) is 13.1. The number of nitrogens with one attached hydrogen (secondary N) is 1. The average Bonchev–Trinajstić information content (AvgIpc) is 2.98. The zero-order valence-electron chi connectivity index (χ0n) is 11.1. The number of nitrogens with zero attached hydrogens (tertiary/aromatic N) is 3. The van der Waals surface area contributed by atoms with Gasteiger partial charge in [0.25, 0.3) is 0 Å². The highest BCUT2D eigenvalue weighted by Crippen LogP contribution is 2.21. The molecule has 1 aliphatic rings. The molecule has 1 aliphatic heterocycles. The third kappa shape index (κ3) is 2.98. The molecule has 2 rings (SSSR count). The number of hydrogen-bond donors (Lipinski definition) is 1. The lowest BCUT2D eigenvalue weighted by molar-refractivity contribution is -0.129. The first-order valence-electron chi connectivity index (χ1n) is 6.48. The minimum atomic E-state index is 0.236. The summed E-state index contributed by atoms with van der Waals surface area (Å²) in [6.07, 6.45) is 1.57. The van der Waals surface area contributed by atoms with Crippen LogP contribution in [0.2, 0.25) is 0 Å². The molecule has 0 bridgehead atoms. The van der Waals surface area contributed by atoms with Crippen LogP contribution in [-0.4, -0.2) is 39.3 Å². The van der Waals surface area contributed by atoms with Crippen LogP contribution in [0.3, 0.4) is 0 Å². The topological polar surface area (TPSA) is 58.1 Å². The Morgan fingerprint density at radius 3 is 3.00 bits per heavy atom. The van der Waals surface area contributed by atoms with Gasteiger partial charge < -0.3 is 10.2 Å². The van der Waals surface area contributed by atoms with Gasteiger partial charge in [0.2, 0.25) is 11.0 Å². The van der Waals surface area contributed by atoms with E-state index in [1.807, 2.05) is 11.8 Å². The lowest BCUT2D eigenvalue weighted by Crippen LogP contribution is -2.30. The molecule has 1 aromatic heterocycles. The minimum absolute atomic E-state index is 0.236. The van der Waals surface area contributed by atoms with Gasteiger partial charge in [-0.15, -0.1) is 0 Å². The molecule has 100 valence electrons. The molecule has 18 heavy (non-hydrogen) atoms. The van der Waals surface area contributed by atoms with Gasteiger partial charge in [0.1, 0.15) is 5.82 Å². The van der Waals surface area contributed by atoms with Gasteiger partial charge >= 0.3 is 0 Å². The van der Waals surface area contributed by atoms with E-state index in [0.717, 1.165) is 30.5 Å². The van der Waals surface area contributed by atoms with Gasteiger partial charge in [-0.1, -0.05) is 20.8 Å². The van der Waals surface area contributed by atoms with Crippen molar-refractivity contribution in [3.63, 3.8) is 0 Å². The molecule has 0 aliphatic carbocycles. The standard InChI is InChI=1S/C12H20N4OS/c1-4-10(17)16-6-5-9(7-16)13-12-14-11(8(2)3)15-18-12/h8-9H,4-7H2,1-3H3,(H,13,14,15). The second-order valence-electron chi connectivity index (χ2n) is 4.94. The Hall–Kier alpha value is -1.17. The molecule has 1 amide bonds. The van der Waals surface area contributed by atoms with Crippen molar-refractivity contribution in [1.29, 1.82) is 0 Å². The molecule has 1 saturated heterocycles. The largest absolute Gasteiger partial charge is 0.356 e. The van der Waals surface area contributed by atoms with E-state index in [1.165, 1.54) is 11.5 Å². The number of carbonyl (C=O) groups is 1. The van der Waals surface area contributed by atoms with Crippen LogP contribution in [0.1, 0.15) is 45.4 Å². The second kappa shape index (κ2) is 5.65. The molecule has 1 fully saturated rings. The maximum Gasteiger partial charge on any atom is 0.222 e. The van der Waals surface area contributed by atoms with E-state index in [4.69, 9.17) is 0 Å². The first-order chi connectivity index (χ1) is 8.60. The van der Waals surface area contributed by atoms with E-state index >= 15 is 0 Å². The van der Waals surface area contributed by atoms with Gasteiger partial charge in [0.05, 0.1) is 0 Å². The maximum atomic E-state index is 11.6. The summed E-state index contributed by atoms with van der Waals surface area (Å²) < 4.78 is 4.32. The quantitative estimate of drug-likeness (QED) is 0.908. The molecule has 5 nitrogen and oxygen atoms in total. The Labute approximate surface area is 112 Å². The molecule has 0 saturated carbocycles. The molecule has 0 spiro atoms. The SMILES string of the molecule is CCC(=O)N1CCC(Nc2nc(C(C)C)ns2)C1. The number of aromatic nitrogens is 2. The highest BCUT2D eigenvalue weighted by Gasteiger charge is 2.25. The van der Waals surface area contributed by atoms with Crippen LogP contribution in [0, 0.1) is 0 Å². The molecule has 1 N–H and O–H groups in total. The summed E-state index contributed by atoms with van der Waals surface area (Å²) >= 11 is 1.40. The molecule has 1 aromatic rings. The van der Waals surface area contributed by atoms with Crippen molar-refractivity contribution < 1.29 is 4.79 Å². The number of amides is 1. The van der Waals surface area contributed by atoms with Crippen LogP contribution in [0.25, 0.3) is 0 Å². The van der Waals surface area contributed by atoms with Gasteiger partial charge in [-0.3, -0.25) is 4.79 Å². The lowest BCUT2D eigenvalue weighted by atomic mass is 10.2. The highest BCUT2D eigenvalue weighted by molar-refractivity contribution is 7.09. The van der Waals surface area contributed by atoms with Gasteiger partial charge in [0, 0.05) is 43.0 Å². The Morgan fingerprint density at radius 2 is 2.39 bits per heavy atom. The van der Waals surface area contributed by atoms with Crippen molar-refractivity contribution in [3.8, 4) is 0 Å². The Morgan fingerprint density at radius 1 is 1.61 bits per heavy atom. The predicted molar refractivity (Wildman–Crippen MR) is 72.9 cm³/mol. The van der Waals surface area contributed by atoms with E-state index < -0.39 is 0 Å². The Kier molecular flexibility index (Phi) is 4.16. The zero-order valence-corrected chi connectivity index (χ0v) is 12.0. The van der Waals surface area contributed by atoms with Crippen LogP contribution in [-0.2, 0) is 4.79 Å². The number of anilines is 1. The summed E-state index contributed by atoms with van der Waals surface area (Å²) in [6, 6.07) is 0.313. The van der Waals surface area contributed by atoms with Gasteiger partial charge in [0.15, 0.2) is 0 Å². The minimum Gasteiger partial charge on any atom is -0.356 e. The summed E-state index contributed by atoms with van der Waals surface area (Å²) in [6.45, 7) is 7.71.